The molecular weight excluding hydrogens is 462 g/mol. The number of ether oxygens (including phenoxy) is 2. The molecule has 2 N–H and O–H groups in total. The Morgan fingerprint density at radius 1 is 1.03 bits per heavy atom. The highest BCUT2D eigenvalue weighted by molar-refractivity contribution is 9.10. The van der Waals surface area contributed by atoms with Gasteiger partial charge in [0.25, 0.3) is 0 Å². The fourth-order valence-corrected chi connectivity index (χ4v) is 4.49. The molecule has 0 heterocycles. The van der Waals surface area contributed by atoms with Crippen LogP contribution in [-0.4, -0.2) is 30.9 Å². The minimum atomic E-state index is -1.27. The van der Waals surface area contributed by atoms with Crippen molar-refractivity contribution in [1.29, 1.82) is 0 Å². The van der Waals surface area contributed by atoms with Gasteiger partial charge in [-0.25, -0.2) is 9.59 Å². The molecule has 3 aromatic carbocycles. The third-order valence-electron chi connectivity index (χ3n) is 5.37. The fourth-order valence-electron chi connectivity index (χ4n) is 3.90. The van der Waals surface area contributed by atoms with Crippen molar-refractivity contribution in [3.05, 3.63) is 87.9 Å². The Morgan fingerprint density at radius 2 is 1.65 bits per heavy atom. The number of carbonyl (C=O) groups excluding carboxylic acids is 1. The first-order valence-electron chi connectivity index (χ1n) is 9.67. The first kappa shape index (κ1) is 20.9. The number of rotatable bonds is 6. The molecule has 7 heteroatoms. The van der Waals surface area contributed by atoms with Crippen molar-refractivity contribution in [3.63, 3.8) is 0 Å². The van der Waals surface area contributed by atoms with Crippen molar-refractivity contribution in [2.45, 2.75) is 12.0 Å². The Labute approximate surface area is 187 Å². The second kappa shape index (κ2) is 8.81. The van der Waals surface area contributed by atoms with Crippen molar-refractivity contribution in [2.75, 3.05) is 13.7 Å². The molecule has 0 saturated heterocycles. The molecule has 0 aromatic heterocycles. The number of carbonyl (C=O) groups is 2. The predicted octanol–water partition coefficient (Wildman–Crippen LogP) is 5.12. The molecule has 0 aliphatic heterocycles. The summed E-state index contributed by atoms with van der Waals surface area (Å²) in [5.74, 6) is -0.727. The standard InChI is InChI=1S/C24H20BrNO5/c1-30-14-10-11-19(21(25)12-14)22(23(27)28)26-24(29)31-13-20-17-8-4-2-6-15(17)16-7-3-5-9-18(16)20/h2-12,20,22H,13H2,1H3,(H,26,29)(H,27,28). The largest absolute Gasteiger partial charge is 0.497 e. The van der Waals surface area contributed by atoms with Crippen LogP contribution in [0.25, 0.3) is 11.1 Å². The number of carboxylic acids is 1. The molecule has 1 aliphatic rings. The van der Waals surface area contributed by atoms with Crippen molar-refractivity contribution in [3.8, 4) is 16.9 Å². The quantitative estimate of drug-likeness (QED) is 0.510. The van der Waals surface area contributed by atoms with Gasteiger partial charge in [-0.15, -0.1) is 0 Å². The predicted molar refractivity (Wildman–Crippen MR) is 119 cm³/mol. The summed E-state index contributed by atoms with van der Waals surface area (Å²) in [5, 5.41) is 12.1. The Kier molecular flexibility index (Phi) is 5.95. The van der Waals surface area contributed by atoms with E-state index in [0.29, 0.717) is 15.8 Å². The molecule has 0 saturated carbocycles. The molecule has 0 bridgehead atoms. The molecule has 1 amide bonds. The maximum Gasteiger partial charge on any atom is 0.408 e. The molecule has 3 aromatic rings. The van der Waals surface area contributed by atoms with E-state index in [1.54, 1.807) is 18.2 Å². The van der Waals surface area contributed by atoms with Crippen molar-refractivity contribution < 1.29 is 24.2 Å². The Bertz CT molecular complexity index is 1100. The van der Waals surface area contributed by atoms with Crippen LogP contribution in [0, 0.1) is 0 Å². The van der Waals surface area contributed by atoms with Crippen LogP contribution in [0.15, 0.2) is 71.2 Å². The van der Waals surface area contributed by atoms with E-state index in [1.165, 1.54) is 7.11 Å². The lowest BCUT2D eigenvalue weighted by molar-refractivity contribution is -0.139. The second-order valence-electron chi connectivity index (χ2n) is 7.13. The third-order valence-corrected chi connectivity index (χ3v) is 6.06. The van der Waals surface area contributed by atoms with Crippen LogP contribution in [0.3, 0.4) is 0 Å². The van der Waals surface area contributed by atoms with Gasteiger partial charge in [-0.05, 0) is 34.4 Å². The van der Waals surface area contributed by atoms with Gasteiger partial charge in [0.15, 0.2) is 6.04 Å². The van der Waals surface area contributed by atoms with Crippen LogP contribution < -0.4 is 10.1 Å². The van der Waals surface area contributed by atoms with Crippen LogP contribution in [0.5, 0.6) is 5.75 Å². The number of hydrogen-bond donors (Lipinski definition) is 2. The highest BCUT2D eigenvalue weighted by atomic mass is 79.9. The highest BCUT2D eigenvalue weighted by Crippen LogP contribution is 2.44. The minimum Gasteiger partial charge on any atom is -0.497 e. The van der Waals surface area contributed by atoms with Gasteiger partial charge in [-0.2, -0.15) is 0 Å². The number of alkyl carbamates (subject to hydrolysis) is 1. The van der Waals surface area contributed by atoms with Crippen LogP contribution >= 0.6 is 15.9 Å². The Hall–Kier alpha value is -3.32. The first-order chi connectivity index (χ1) is 15.0. The van der Waals surface area contributed by atoms with E-state index >= 15 is 0 Å². The van der Waals surface area contributed by atoms with Gasteiger partial charge in [-0.3, -0.25) is 0 Å². The maximum absolute atomic E-state index is 12.5. The summed E-state index contributed by atoms with van der Waals surface area (Å²) in [5.41, 5.74) is 4.81. The molecule has 1 aliphatic carbocycles. The van der Waals surface area contributed by atoms with Gasteiger partial charge in [0.1, 0.15) is 12.4 Å². The molecule has 4 rings (SSSR count). The van der Waals surface area contributed by atoms with Crippen LogP contribution in [0.1, 0.15) is 28.7 Å². The lowest BCUT2D eigenvalue weighted by Crippen LogP contribution is -2.35. The fraction of sp³-hybridized carbons (Fsp3) is 0.167. The maximum atomic E-state index is 12.5. The van der Waals surface area contributed by atoms with Crippen molar-refractivity contribution >= 4 is 28.0 Å². The van der Waals surface area contributed by atoms with Gasteiger partial charge in [-0.1, -0.05) is 70.5 Å². The number of hydrogen-bond acceptors (Lipinski definition) is 4. The summed E-state index contributed by atoms with van der Waals surface area (Å²) in [6, 6.07) is 19.6. The van der Waals surface area contributed by atoms with Crippen molar-refractivity contribution in [2.24, 2.45) is 0 Å². The first-order valence-corrected chi connectivity index (χ1v) is 10.5. The summed E-state index contributed by atoms with van der Waals surface area (Å²) in [6.45, 7) is 0.107. The number of nitrogens with one attached hydrogen (secondary N) is 1. The van der Waals surface area contributed by atoms with E-state index in [4.69, 9.17) is 9.47 Å². The number of halogens is 1. The van der Waals surface area contributed by atoms with E-state index < -0.39 is 18.1 Å². The van der Waals surface area contributed by atoms with E-state index in [-0.39, 0.29) is 12.5 Å². The second-order valence-corrected chi connectivity index (χ2v) is 7.98. The topological polar surface area (TPSA) is 84.9 Å². The normalized spacial score (nSPS) is 13.1. The number of amides is 1. The summed E-state index contributed by atoms with van der Waals surface area (Å²) in [4.78, 5) is 24.3. The SMILES string of the molecule is COc1ccc(C(NC(=O)OCC2c3ccccc3-c3ccccc32)C(=O)O)c(Br)c1. The zero-order valence-corrected chi connectivity index (χ0v) is 18.3. The zero-order valence-electron chi connectivity index (χ0n) is 16.7. The number of methoxy groups -OCH3 is 1. The third kappa shape index (κ3) is 4.14. The van der Waals surface area contributed by atoms with E-state index in [9.17, 15) is 14.7 Å². The number of aliphatic carboxylic acids is 1. The number of fused-ring (bicyclic) bond motifs is 3. The average molecular weight is 482 g/mol. The average Bonchev–Trinajstić information content (AvgIpc) is 3.10. The van der Waals surface area contributed by atoms with E-state index in [2.05, 4.69) is 33.4 Å². The molecule has 1 atom stereocenters. The number of carboxylic acid groups (broad SMARTS) is 1. The van der Waals surface area contributed by atoms with Gasteiger partial charge >= 0.3 is 12.1 Å². The Morgan fingerprint density at radius 3 is 2.19 bits per heavy atom. The summed E-state index contributed by atoms with van der Waals surface area (Å²) >= 11 is 3.34. The summed E-state index contributed by atoms with van der Waals surface area (Å²) < 4.78 is 11.1. The molecule has 0 fully saturated rings. The smallest absolute Gasteiger partial charge is 0.408 e. The molecule has 0 radical (unpaired) electrons. The number of benzene rings is 3. The van der Waals surface area contributed by atoms with Crippen molar-refractivity contribution in [1.82, 2.24) is 5.32 Å². The lowest BCUT2D eigenvalue weighted by atomic mass is 9.98. The summed E-state index contributed by atoms with van der Waals surface area (Å²) in [6.07, 6.45) is -0.794. The van der Waals surface area contributed by atoms with E-state index in [1.807, 2.05) is 36.4 Å². The minimum absolute atomic E-state index is 0.103. The summed E-state index contributed by atoms with van der Waals surface area (Å²) in [7, 11) is 1.52. The van der Waals surface area contributed by atoms with Gasteiger partial charge in [0.05, 0.1) is 7.11 Å². The highest BCUT2D eigenvalue weighted by Gasteiger charge is 2.30. The zero-order chi connectivity index (χ0) is 22.0. The van der Waals surface area contributed by atoms with Crippen LogP contribution in [-0.2, 0) is 9.53 Å². The molecule has 0 spiro atoms. The van der Waals surface area contributed by atoms with Crippen LogP contribution in [0.4, 0.5) is 4.79 Å². The molecule has 1 unspecified atom stereocenters. The van der Waals surface area contributed by atoms with Gasteiger partial charge in [0.2, 0.25) is 0 Å². The molecule has 31 heavy (non-hydrogen) atoms. The molecular formula is C24H20BrNO5. The molecule has 6 nitrogen and oxygen atoms in total. The Balaban J connectivity index is 1.49. The monoisotopic (exact) mass is 481 g/mol. The van der Waals surface area contributed by atoms with E-state index in [0.717, 1.165) is 22.3 Å². The molecule has 158 valence electrons. The van der Waals surface area contributed by atoms with Gasteiger partial charge in [0, 0.05) is 16.0 Å². The van der Waals surface area contributed by atoms with Gasteiger partial charge < -0.3 is 19.9 Å². The lowest BCUT2D eigenvalue weighted by Gasteiger charge is -2.19. The van der Waals surface area contributed by atoms with Crippen LogP contribution in [0.2, 0.25) is 0 Å².